The number of aromatic nitrogens is 2. The lowest BCUT2D eigenvalue weighted by atomic mass is 10.1. The van der Waals surface area contributed by atoms with E-state index in [9.17, 15) is 0 Å². The van der Waals surface area contributed by atoms with Gasteiger partial charge in [0.15, 0.2) is 5.11 Å². The van der Waals surface area contributed by atoms with E-state index in [-0.39, 0.29) is 0 Å². The molecule has 2 rings (SSSR count). The smallest absolute Gasteiger partial charge is 0.189 e. The lowest BCUT2D eigenvalue weighted by Gasteiger charge is -2.28. The molecule has 0 atom stereocenters. The summed E-state index contributed by atoms with van der Waals surface area (Å²) in [7, 11) is 0. The summed E-state index contributed by atoms with van der Waals surface area (Å²) >= 11 is 5.31. The Morgan fingerprint density at radius 1 is 1.39 bits per heavy atom. The normalized spacial score (nSPS) is 16.5. The molecule has 0 bridgehead atoms. The highest BCUT2D eigenvalue weighted by molar-refractivity contribution is 7.80. The number of hydrazone groups is 1. The van der Waals surface area contributed by atoms with Crippen LogP contribution in [0.25, 0.3) is 0 Å². The first-order chi connectivity index (χ1) is 8.77. The first-order valence-electron chi connectivity index (χ1n) is 6.14. The topological polar surface area (TPSA) is 53.4 Å². The minimum Gasteiger partial charge on any atom is -0.348 e. The van der Waals surface area contributed by atoms with Gasteiger partial charge in [-0.25, -0.2) is 0 Å². The van der Waals surface area contributed by atoms with Crippen molar-refractivity contribution in [3.05, 3.63) is 24.0 Å². The summed E-state index contributed by atoms with van der Waals surface area (Å²) in [5, 5.41) is 12.8. The number of nitrogens with zero attached hydrogens (tertiary/aromatic N) is 4. The molecule has 1 N–H and O–H groups in total. The van der Waals surface area contributed by atoms with Crippen molar-refractivity contribution in [2.24, 2.45) is 5.10 Å². The summed E-state index contributed by atoms with van der Waals surface area (Å²) in [5.41, 5.74) is 4.46. The van der Waals surface area contributed by atoms with Gasteiger partial charge in [0.2, 0.25) is 0 Å². The Balaban J connectivity index is 1.91. The molecule has 0 aromatic carbocycles. The van der Waals surface area contributed by atoms with Gasteiger partial charge < -0.3 is 4.90 Å². The second kappa shape index (κ2) is 6.39. The van der Waals surface area contributed by atoms with Crippen LogP contribution in [-0.4, -0.2) is 39.0 Å². The number of nitrogens with one attached hydrogen (secondary N) is 1. The molecule has 5 nitrogen and oxygen atoms in total. The SMILES string of the molecule is C/C(=N\NC(=S)N1CCCCC1)c1cccnn1. The number of rotatable bonds is 2. The zero-order valence-corrected chi connectivity index (χ0v) is 11.3. The van der Waals surface area contributed by atoms with Crippen molar-refractivity contribution in [3.8, 4) is 0 Å². The van der Waals surface area contributed by atoms with E-state index in [1.165, 1.54) is 19.3 Å². The van der Waals surface area contributed by atoms with E-state index in [0.29, 0.717) is 5.11 Å². The van der Waals surface area contributed by atoms with E-state index in [1.807, 2.05) is 19.1 Å². The molecule has 0 aliphatic carbocycles. The maximum atomic E-state index is 5.31. The van der Waals surface area contributed by atoms with Gasteiger partial charge in [-0.15, -0.1) is 5.10 Å². The minimum atomic E-state index is 0.693. The number of likely N-dealkylation sites (tertiary alicyclic amines) is 1. The van der Waals surface area contributed by atoms with Crippen LogP contribution in [0.15, 0.2) is 23.4 Å². The Kier molecular flexibility index (Phi) is 4.58. The van der Waals surface area contributed by atoms with Crippen molar-refractivity contribution < 1.29 is 0 Å². The Labute approximate surface area is 112 Å². The van der Waals surface area contributed by atoms with Gasteiger partial charge in [-0.2, -0.15) is 10.2 Å². The monoisotopic (exact) mass is 263 g/mol. The molecule has 1 aliphatic rings. The van der Waals surface area contributed by atoms with Crippen LogP contribution < -0.4 is 5.43 Å². The molecule has 96 valence electrons. The first kappa shape index (κ1) is 12.9. The average Bonchev–Trinajstić information content (AvgIpc) is 2.46. The second-order valence-electron chi connectivity index (χ2n) is 4.27. The van der Waals surface area contributed by atoms with E-state index in [2.05, 4.69) is 25.6 Å². The van der Waals surface area contributed by atoms with Crippen molar-refractivity contribution in [1.82, 2.24) is 20.5 Å². The fourth-order valence-electron chi connectivity index (χ4n) is 1.85. The van der Waals surface area contributed by atoms with Crippen LogP contribution in [-0.2, 0) is 0 Å². The molecule has 2 heterocycles. The maximum Gasteiger partial charge on any atom is 0.189 e. The zero-order chi connectivity index (χ0) is 12.8. The fraction of sp³-hybridized carbons (Fsp3) is 0.500. The molecule has 0 saturated carbocycles. The molecule has 1 aromatic heterocycles. The quantitative estimate of drug-likeness (QED) is 0.498. The van der Waals surface area contributed by atoms with E-state index in [1.54, 1.807) is 6.20 Å². The summed E-state index contributed by atoms with van der Waals surface area (Å²) in [4.78, 5) is 2.16. The van der Waals surface area contributed by atoms with Crippen LogP contribution in [0, 0.1) is 0 Å². The summed E-state index contributed by atoms with van der Waals surface area (Å²) < 4.78 is 0. The van der Waals surface area contributed by atoms with Gasteiger partial charge in [-0.05, 0) is 50.5 Å². The summed E-state index contributed by atoms with van der Waals surface area (Å²) in [6.07, 6.45) is 5.34. The highest BCUT2D eigenvalue weighted by atomic mass is 32.1. The Morgan fingerprint density at radius 3 is 2.83 bits per heavy atom. The number of hydrogen-bond acceptors (Lipinski definition) is 4. The Hall–Kier alpha value is -1.56. The Bertz CT molecular complexity index is 425. The number of thiocarbonyl (C=S) groups is 1. The summed E-state index contributed by atoms with van der Waals surface area (Å²) in [5.74, 6) is 0. The van der Waals surface area contributed by atoms with Crippen molar-refractivity contribution in [2.45, 2.75) is 26.2 Å². The van der Waals surface area contributed by atoms with Crippen LogP contribution in [0.2, 0.25) is 0 Å². The highest BCUT2D eigenvalue weighted by Gasteiger charge is 2.12. The van der Waals surface area contributed by atoms with Crippen molar-refractivity contribution in [2.75, 3.05) is 13.1 Å². The van der Waals surface area contributed by atoms with E-state index in [0.717, 1.165) is 24.5 Å². The third-order valence-electron chi connectivity index (χ3n) is 2.91. The van der Waals surface area contributed by atoms with Crippen molar-refractivity contribution in [3.63, 3.8) is 0 Å². The zero-order valence-electron chi connectivity index (χ0n) is 10.5. The standard InChI is InChI=1S/C12H17N5S/c1-10(11-6-5-7-13-15-11)14-16-12(18)17-8-3-2-4-9-17/h5-7H,2-4,8-9H2,1H3,(H,16,18)/b14-10+. The third-order valence-corrected chi connectivity index (χ3v) is 3.25. The van der Waals surface area contributed by atoms with Crippen LogP contribution in [0.3, 0.4) is 0 Å². The van der Waals surface area contributed by atoms with Crippen LogP contribution in [0.1, 0.15) is 31.9 Å². The molecule has 0 unspecified atom stereocenters. The molecule has 1 saturated heterocycles. The first-order valence-corrected chi connectivity index (χ1v) is 6.55. The van der Waals surface area contributed by atoms with Gasteiger partial charge in [0.05, 0.1) is 5.71 Å². The highest BCUT2D eigenvalue weighted by Crippen LogP contribution is 2.08. The van der Waals surface area contributed by atoms with Crippen LogP contribution in [0.5, 0.6) is 0 Å². The van der Waals surface area contributed by atoms with E-state index < -0.39 is 0 Å². The molecule has 0 spiro atoms. The third kappa shape index (κ3) is 3.46. The molecule has 1 aliphatic heterocycles. The van der Waals surface area contributed by atoms with E-state index >= 15 is 0 Å². The molecule has 0 radical (unpaired) electrons. The van der Waals surface area contributed by atoms with Crippen molar-refractivity contribution in [1.29, 1.82) is 0 Å². The molecule has 6 heteroatoms. The van der Waals surface area contributed by atoms with Gasteiger partial charge in [0, 0.05) is 19.3 Å². The molecule has 1 fully saturated rings. The molecular weight excluding hydrogens is 246 g/mol. The van der Waals surface area contributed by atoms with Crippen molar-refractivity contribution >= 4 is 23.0 Å². The summed E-state index contributed by atoms with van der Waals surface area (Å²) in [6.45, 7) is 3.92. The number of piperidine rings is 1. The second-order valence-corrected chi connectivity index (χ2v) is 4.66. The predicted octanol–water partition coefficient (Wildman–Crippen LogP) is 1.56. The molecule has 18 heavy (non-hydrogen) atoms. The largest absolute Gasteiger partial charge is 0.348 e. The van der Waals surface area contributed by atoms with E-state index in [4.69, 9.17) is 12.2 Å². The molecule has 0 amide bonds. The van der Waals surface area contributed by atoms with Gasteiger partial charge >= 0.3 is 0 Å². The number of hydrogen-bond donors (Lipinski definition) is 1. The molecule has 1 aromatic rings. The van der Waals surface area contributed by atoms with Gasteiger partial charge in [-0.3, -0.25) is 5.43 Å². The van der Waals surface area contributed by atoms with Gasteiger partial charge in [0.25, 0.3) is 0 Å². The van der Waals surface area contributed by atoms with Crippen LogP contribution >= 0.6 is 12.2 Å². The Morgan fingerprint density at radius 2 is 2.17 bits per heavy atom. The molecular formula is C12H17N5S. The average molecular weight is 263 g/mol. The maximum absolute atomic E-state index is 5.31. The van der Waals surface area contributed by atoms with Crippen LogP contribution in [0.4, 0.5) is 0 Å². The lowest BCUT2D eigenvalue weighted by Crippen LogP contribution is -2.41. The predicted molar refractivity (Wildman–Crippen MR) is 75.4 cm³/mol. The fourth-order valence-corrected chi connectivity index (χ4v) is 2.08. The van der Waals surface area contributed by atoms with Gasteiger partial charge in [-0.1, -0.05) is 0 Å². The minimum absolute atomic E-state index is 0.693. The lowest BCUT2D eigenvalue weighted by molar-refractivity contribution is 0.338. The van der Waals surface area contributed by atoms with Gasteiger partial charge in [0.1, 0.15) is 5.69 Å². The summed E-state index contributed by atoms with van der Waals surface area (Å²) in [6, 6.07) is 3.71.